The van der Waals surface area contributed by atoms with Gasteiger partial charge in [-0.25, -0.2) is 0 Å². The highest BCUT2D eigenvalue weighted by molar-refractivity contribution is 5.98. The molecule has 1 heterocycles. The van der Waals surface area contributed by atoms with Crippen LogP contribution < -0.4 is 25.4 Å². The van der Waals surface area contributed by atoms with Gasteiger partial charge in [-0.2, -0.15) is 0 Å². The fraction of sp³-hybridized carbons (Fsp3) is 0.571. The van der Waals surface area contributed by atoms with E-state index >= 15 is 0 Å². The summed E-state index contributed by atoms with van der Waals surface area (Å²) in [5, 5.41) is 8.37. The zero-order valence-electron chi connectivity index (χ0n) is 17.4. The van der Waals surface area contributed by atoms with E-state index in [0.717, 1.165) is 32.3 Å². The Morgan fingerprint density at radius 3 is 2.17 bits per heavy atom. The third kappa shape index (κ3) is 6.09. The van der Waals surface area contributed by atoms with Crippen molar-refractivity contribution in [2.75, 3.05) is 38.0 Å². The number of hydrogen-bond donors (Lipinski definition) is 3. The molecule has 1 aliphatic heterocycles. The minimum atomic E-state index is -0.322. The molecule has 164 valence electrons. The van der Waals surface area contributed by atoms with E-state index in [2.05, 4.69) is 16.0 Å². The van der Waals surface area contributed by atoms with Gasteiger partial charge in [0.25, 0.3) is 0 Å². The number of methoxy groups -OCH3 is 2. The number of ether oxygens (including phenoxy) is 3. The summed E-state index contributed by atoms with van der Waals surface area (Å²) in [6.45, 7) is 1.21. The monoisotopic (exact) mass is 419 g/mol. The number of anilines is 2. The van der Waals surface area contributed by atoms with Crippen molar-refractivity contribution in [3.63, 3.8) is 0 Å². The Morgan fingerprint density at radius 2 is 1.60 bits per heavy atom. The van der Waals surface area contributed by atoms with Gasteiger partial charge in [0.1, 0.15) is 11.5 Å². The summed E-state index contributed by atoms with van der Waals surface area (Å²) < 4.78 is 16.2. The average Bonchev–Trinajstić information content (AvgIpc) is 3.47. The fourth-order valence-corrected chi connectivity index (χ4v) is 3.23. The van der Waals surface area contributed by atoms with E-state index in [9.17, 15) is 14.4 Å². The van der Waals surface area contributed by atoms with E-state index in [1.54, 1.807) is 12.1 Å². The molecule has 0 radical (unpaired) electrons. The standard InChI is InChI=1S/C21H29N3O6/c1-28-17-11-16(24-21(27)13-5-6-13)18(29-2)10-15(17)23-20(26)8-7-19(25)22-12-14-4-3-9-30-14/h10-11,13-14H,3-9,12H2,1-2H3,(H,22,25)(H,23,26)(H,24,27). The van der Waals surface area contributed by atoms with Gasteiger partial charge in [0.2, 0.25) is 17.7 Å². The SMILES string of the molecule is COc1cc(NC(=O)C2CC2)c(OC)cc1NC(=O)CCC(=O)NCC1CCCO1. The fourth-order valence-electron chi connectivity index (χ4n) is 3.23. The van der Waals surface area contributed by atoms with Crippen LogP contribution in [0.3, 0.4) is 0 Å². The highest BCUT2D eigenvalue weighted by atomic mass is 16.5. The molecule has 3 amide bonds. The summed E-state index contributed by atoms with van der Waals surface area (Å²) in [7, 11) is 2.96. The van der Waals surface area contributed by atoms with Gasteiger partial charge >= 0.3 is 0 Å². The number of hydrogen-bond acceptors (Lipinski definition) is 6. The first-order valence-electron chi connectivity index (χ1n) is 10.2. The second-order valence-corrected chi connectivity index (χ2v) is 7.50. The second kappa shape index (κ2) is 10.3. The van der Waals surface area contributed by atoms with Crippen molar-refractivity contribution in [3.8, 4) is 11.5 Å². The van der Waals surface area contributed by atoms with Crippen LogP contribution in [-0.2, 0) is 19.1 Å². The minimum Gasteiger partial charge on any atom is -0.494 e. The molecular formula is C21H29N3O6. The van der Waals surface area contributed by atoms with Crippen LogP contribution in [0.25, 0.3) is 0 Å². The molecule has 3 rings (SSSR count). The molecule has 1 aromatic carbocycles. The third-order valence-corrected chi connectivity index (χ3v) is 5.13. The molecular weight excluding hydrogens is 390 g/mol. The van der Waals surface area contributed by atoms with Crippen LogP contribution >= 0.6 is 0 Å². The molecule has 3 N–H and O–H groups in total. The Balaban J connectivity index is 1.54. The summed E-state index contributed by atoms with van der Waals surface area (Å²) in [4.78, 5) is 36.3. The number of carbonyl (C=O) groups excluding carboxylic acids is 3. The number of rotatable bonds is 10. The van der Waals surface area contributed by atoms with Crippen molar-refractivity contribution in [2.45, 2.75) is 44.6 Å². The first-order valence-corrected chi connectivity index (χ1v) is 10.2. The van der Waals surface area contributed by atoms with Crippen LogP contribution in [0.5, 0.6) is 11.5 Å². The Bertz CT molecular complexity index is 787. The van der Waals surface area contributed by atoms with Gasteiger partial charge in [0.05, 0.1) is 31.7 Å². The highest BCUT2D eigenvalue weighted by Gasteiger charge is 2.30. The molecule has 1 unspecified atom stereocenters. The molecule has 1 aliphatic carbocycles. The maximum absolute atomic E-state index is 12.3. The van der Waals surface area contributed by atoms with E-state index < -0.39 is 0 Å². The maximum atomic E-state index is 12.3. The average molecular weight is 419 g/mol. The zero-order valence-corrected chi connectivity index (χ0v) is 17.4. The smallest absolute Gasteiger partial charge is 0.227 e. The van der Waals surface area contributed by atoms with Crippen LogP contribution in [0, 0.1) is 5.92 Å². The van der Waals surface area contributed by atoms with E-state index in [-0.39, 0.29) is 42.6 Å². The molecule has 1 saturated heterocycles. The molecule has 30 heavy (non-hydrogen) atoms. The van der Waals surface area contributed by atoms with E-state index in [1.807, 2.05) is 0 Å². The normalized spacial score (nSPS) is 17.9. The van der Waals surface area contributed by atoms with Crippen molar-refractivity contribution in [2.24, 2.45) is 5.92 Å². The topological polar surface area (TPSA) is 115 Å². The lowest BCUT2D eigenvalue weighted by Crippen LogP contribution is -2.32. The summed E-state index contributed by atoms with van der Waals surface area (Å²) in [5.41, 5.74) is 0.890. The Kier molecular flexibility index (Phi) is 7.51. The van der Waals surface area contributed by atoms with Crippen molar-refractivity contribution in [1.82, 2.24) is 5.32 Å². The summed E-state index contributed by atoms with van der Waals surface area (Å²) in [5.74, 6) is 0.279. The van der Waals surface area contributed by atoms with Gasteiger partial charge in [-0.3, -0.25) is 14.4 Å². The first-order chi connectivity index (χ1) is 14.5. The zero-order chi connectivity index (χ0) is 21.5. The highest BCUT2D eigenvalue weighted by Crippen LogP contribution is 2.38. The molecule has 9 nitrogen and oxygen atoms in total. The lowest BCUT2D eigenvalue weighted by atomic mass is 10.2. The van der Waals surface area contributed by atoms with Crippen LogP contribution in [0.2, 0.25) is 0 Å². The molecule has 1 atom stereocenters. The van der Waals surface area contributed by atoms with Crippen LogP contribution in [0.4, 0.5) is 11.4 Å². The summed E-state index contributed by atoms with van der Waals surface area (Å²) >= 11 is 0. The molecule has 0 bridgehead atoms. The summed E-state index contributed by atoms with van der Waals surface area (Å²) in [6, 6.07) is 3.21. The number of carbonyl (C=O) groups is 3. The van der Waals surface area contributed by atoms with E-state index in [0.29, 0.717) is 29.4 Å². The largest absolute Gasteiger partial charge is 0.494 e. The van der Waals surface area contributed by atoms with Crippen LogP contribution in [0.15, 0.2) is 12.1 Å². The lowest BCUT2D eigenvalue weighted by Gasteiger charge is -2.16. The molecule has 1 saturated carbocycles. The lowest BCUT2D eigenvalue weighted by molar-refractivity contribution is -0.124. The molecule has 9 heteroatoms. The predicted octanol–water partition coefficient (Wildman–Crippen LogP) is 2.07. The van der Waals surface area contributed by atoms with Crippen LogP contribution in [0.1, 0.15) is 38.5 Å². The van der Waals surface area contributed by atoms with Gasteiger partial charge in [0, 0.05) is 44.0 Å². The van der Waals surface area contributed by atoms with Gasteiger partial charge in [-0.05, 0) is 25.7 Å². The molecule has 0 spiro atoms. The third-order valence-electron chi connectivity index (χ3n) is 5.13. The Labute approximate surface area is 175 Å². The van der Waals surface area contributed by atoms with Crippen molar-refractivity contribution in [1.29, 1.82) is 0 Å². The van der Waals surface area contributed by atoms with Gasteiger partial charge in [-0.1, -0.05) is 0 Å². The van der Waals surface area contributed by atoms with Crippen molar-refractivity contribution < 1.29 is 28.6 Å². The Hall–Kier alpha value is -2.81. The number of nitrogens with one attached hydrogen (secondary N) is 3. The Morgan fingerprint density at radius 1 is 0.967 bits per heavy atom. The van der Waals surface area contributed by atoms with E-state index in [4.69, 9.17) is 14.2 Å². The van der Waals surface area contributed by atoms with Gasteiger partial charge < -0.3 is 30.2 Å². The number of benzene rings is 1. The second-order valence-electron chi connectivity index (χ2n) is 7.50. The van der Waals surface area contributed by atoms with Crippen molar-refractivity contribution >= 4 is 29.1 Å². The molecule has 0 aromatic heterocycles. The number of amides is 3. The molecule has 1 aromatic rings. The maximum Gasteiger partial charge on any atom is 0.227 e. The van der Waals surface area contributed by atoms with E-state index in [1.165, 1.54) is 14.2 Å². The van der Waals surface area contributed by atoms with Gasteiger partial charge in [-0.15, -0.1) is 0 Å². The first kappa shape index (κ1) is 21.9. The molecule has 2 aliphatic rings. The van der Waals surface area contributed by atoms with Crippen molar-refractivity contribution in [3.05, 3.63) is 12.1 Å². The minimum absolute atomic E-state index is 0.0307. The molecule has 2 fully saturated rings. The van der Waals surface area contributed by atoms with Gasteiger partial charge in [0.15, 0.2) is 0 Å². The summed E-state index contributed by atoms with van der Waals surface area (Å²) in [6.07, 6.45) is 3.91. The predicted molar refractivity (Wildman–Crippen MR) is 111 cm³/mol. The van der Waals surface area contributed by atoms with Crippen LogP contribution in [-0.4, -0.2) is 51.2 Å². The quantitative estimate of drug-likeness (QED) is 0.535.